The molecule has 3 nitrogen and oxygen atoms in total. The monoisotopic (exact) mass is 238 g/mol. The van der Waals surface area contributed by atoms with Crippen molar-refractivity contribution in [1.29, 1.82) is 0 Å². The number of benzene rings is 1. The van der Waals surface area contributed by atoms with E-state index in [4.69, 9.17) is 4.74 Å². The Labute approximate surface area is 106 Å². The summed E-state index contributed by atoms with van der Waals surface area (Å²) in [6.45, 7) is 0.768. The molecule has 2 heterocycles. The lowest BCUT2D eigenvalue weighted by molar-refractivity contribution is 0.391. The van der Waals surface area contributed by atoms with E-state index >= 15 is 0 Å². The molecule has 0 aliphatic rings. The van der Waals surface area contributed by atoms with E-state index in [1.165, 1.54) is 10.9 Å². The molecule has 0 unspecified atom stereocenters. The Bertz CT molecular complexity index is 673. The van der Waals surface area contributed by atoms with Gasteiger partial charge in [0.15, 0.2) is 0 Å². The van der Waals surface area contributed by atoms with Crippen molar-refractivity contribution < 1.29 is 4.74 Å². The van der Waals surface area contributed by atoms with E-state index in [0.29, 0.717) is 5.88 Å². The summed E-state index contributed by atoms with van der Waals surface area (Å²) in [6.07, 6.45) is 3.84. The number of hydrogen-bond acceptors (Lipinski definition) is 2. The maximum atomic E-state index is 5.28. The molecule has 0 aliphatic carbocycles. The number of fused-ring (bicyclic) bond motifs is 1. The molecule has 1 aromatic carbocycles. The van der Waals surface area contributed by atoms with Crippen molar-refractivity contribution in [3.63, 3.8) is 0 Å². The van der Waals surface area contributed by atoms with Crippen molar-refractivity contribution in [3.8, 4) is 5.88 Å². The Morgan fingerprint density at radius 3 is 2.89 bits per heavy atom. The van der Waals surface area contributed by atoms with E-state index in [9.17, 15) is 0 Å². The summed E-state index contributed by atoms with van der Waals surface area (Å²) in [5.41, 5.74) is 2.31. The van der Waals surface area contributed by atoms with Crippen LogP contribution in [-0.4, -0.2) is 16.7 Å². The van der Waals surface area contributed by atoms with Crippen molar-refractivity contribution in [2.75, 3.05) is 7.11 Å². The van der Waals surface area contributed by atoms with Crippen LogP contribution in [0.15, 0.2) is 54.9 Å². The molecule has 0 fully saturated rings. The van der Waals surface area contributed by atoms with Gasteiger partial charge >= 0.3 is 0 Å². The number of methoxy groups -OCH3 is 1. The van der Waals surface area contributed by atoms with Crippen LogP contribution in [0.2, 0.25) is 0 Å². The maximum Gasteiger partial charge on any atom is 0.218 e. The third kappa shape index (κ3) is 1.84. The van der Waals surface area contributed by atoms with Gasteiger partial charge in [-0.05, 0) is 23.6 Å². The standard InChI is InChI=1S/C15H14N2O/c1-18-15-13(6-4-9-16-15)11-17-10-8-12-5-2-3-7-14(12)17/h2-10H,11H2,1H3. The number of rotatable bonds is 3. The molecule has 90 valence electrons. The van der Waals surface area contributed by atoms with Gasteiger partial charge in [-0.1, -0.05) is 24.3 Å². The molecule has 3 heteroatoms. The minimum Gasteiger partial charge on any atom is -0.481 e. The van der Waals surface area contributed by atoms with Gasteiger partial charge in [-0.2, -0.15) is 0 Å². The van der Waals surface area contributed by atoms with E-state index in [1.807, 2.05) is 12.1 Å². The van der Waals surface area contributed by atoms with E-state index in [2.05, 4.69) is 46.1 Å². The number of hydrogen-bond donors (Lipinski definition) is 0. The molecule has 0 atom stereocenters. The van der Waals surface area contributed by atoms with Gasteiger partial charge in [0.05, 0.1) is 13.7 Å². The van der Waals surface area contributed by atoms with Crippen molar-refractivity contribution in [2.24, 2.45) is 0 Å². The van der Waals surface area contributed by atoms with E-state index in [0.717, 1.165) is 12.1 Å². The van der Waals surface area contributed by atoms with Crippen molar-refractivity contribution in [1.82, 2.24) is 9.55 Å². The first kappa shape index (κ1) is 10.8. The normalized spacial score (nSPS) is 10.7. The Balaban J connectivity index is 2.01. The Hall–Kier alpha value is -2.29. The number of ether oxygens (including phenoxy) is 1. The highest BCUT2D eigenvalue weighted by molar-refractivity contribution is 5.80. The third-order valence-electron chi connectivity index (χ3n) is 3.06. The average Bonchev–Trinajstić information content (AvgIpc) is 2.83. The van der Waals surface area contributed by atoms with Crippen molar-refractivity contribution in [3.05, 3.63) is 60.4 Å². The Morgan fingerprint density at radius 1 is 1.11 bits per heavy atom. The van der Waals surface area contributed by atoms with Gasteiger partial charge in [0.1, 0.15) is 0 Å². The zero-order valence-corrected chi connectivity index (χ0v) is 10.2. The van der Waals surface area contributed by atoms with Gasteiger partial charge in [0, 0.05) is 23.5 Å². The summed E-state index contributed by atoms with van der Waals surface area (Å²) in [6, 6.07) is 14.4. The van der Waals surface area contributed by atoms with Gasteiger partial charge in [0.2, 0.25) is 5.88 Å². The number of pyridine rings is 1. The van der Waals surface area contributed by atoms with Crippen LogP contribution in [0, 0.1) is 0 Å². The fourth-order valence-corrected chi connectivity index (χ4v) is 2.19. The molecule has 0 amide bonds. The molecule has 0 aliphatic heterocycles. The molecule has 0 spiro atoms. The lowest BCUT2D eigenvalue weighted by Crippen LogP contribution is -2.01. The molecular weight excluding hydrogens is 224 g/mol. The number of nitrogens with zero attached hydrogens (tertiary/aromatic N) is 2. The van der Waals surface area contributed by atoms with Crippen LogP contribution in [0.4, 0.5) is 0 Å². The second-order valence-corrected chi connectivity index (χ2v) is 4.17. The maximum absolute atomic E-state index is 5.28. The van der Waals surface area contributed by atoms with Crippen molar-refractivity contribution >= 4 is 10.9 Å². The molecule has 0 radical (unpaired) electrons. The summed E-state index contributed by atoms with van der Waals surface area (Å²) in [5.74, 6) is 0.690. The molecule has 0 N–H and O–H groups in total. The first-order valence-corrected chi connectivity index (χ1v) is 5.90. The quantitative estimate of drug-likeness (QED) is 0.701. The Kier molecular flexibility index (Phi) is 2.73. The molecule has 18 heavy (non-hydrogen) atoms. The van der Waals surface area contributed by atoms with Crippen LogP contribution in [0.25, 0.3) is 10.9 Å². The lowest BCUT2D eigenvalue weighted by Gasteiger charge is -2.09. The van der Waals surface area contributed by atoms with Gasteiger partial charge < -0.3 is 9.30 Å². The van der Waals surface area contributed by atoms with Crippen LogP contribution in [0.5, 0.6) is 5.88 Å². The molecule has 3 aromatic rings. The zero-order valence-electron chi connectivity index (χ0n) is 10.2. The Morgan fingerprint density at radius 2 is 2.00 bits per heavy atom. The van der Waals surface area contributed by atoms with Crippen LogP contribution in [0.1, 0.15) is 5.56 Å². The van der Waals surface area contributed by atoms with Crippen LogP contribution < -0.4 is 4.74 Å². The number of para-hydroxylation sites is 1. The van der Waals surface area contributed by atoms with Gasteiger partial charge in [-0.3, -0.25) is 0 Å². The molecular formula is C15H14N2O. The highest BCUT2D eigenvalue weighted by Gasteiger charge is 2.06. The second kappa shape index (κ2) is 4.53. The third-order valence-corrected chi connectivity index (χ3v) is 3.06. The van der Waals surface area contributed by atoms with Gasteiger partial charge in [0.25, 0.3) is 0 Å². The molecule has 0 saturated carbocycles. The molecule has 3 rings (SSSR count). The van der Waals surface area contributed by atoms with Gasteiger partial charge in [-0.25, -0.2) is 4.98 Å². The summed E-state index contributed by atoms with van der Waals surface area (Å²) >= 11 is 0. The molecule has 0 bridgehead atoms. The van der Waals surface area contributed by atoms with E-state index < -0.39 is 0 Å². The first-order valence-electron chi connectivity index (χ1n) is 5.90. The lowest BCUT2D eigenvalue weighted by atomic mass is 10.2. The minimum absolute atomic E-state index is 0.690. The number of aromatic nitrogens is 2. The fraction of sp³-hybridized carbons (Fsp3) is 0.133. The highest BCUT2D eigenvalue weighted by atomic mass is 16.5. The first-order chi connectivity index (χ1) is 8.88. The SMILES string of the molecule is COc1ncccc1Cn1ccc2ccccc21. The largest absolute Gasteiger partial charge is 0.481 e. The predicted octanol–water partition coefficient (Wildman–Crippen LogP) is 3.09. The van der Waals surface area contributed by atoms with Crippen LogP contribution in [0.3, 0.4) is 0 Å². The average molecular weight is 238 g/mol. The van der Waals surface area contributed by atoms with Crippen LogP contribution >= 0.6 is 0 Å². The summed E-state index contributed by atoms with van der Waals surface area (Å²) in [7, 11) is 1.65. The van der Waals surface area contributed by atoms with E-state index in [1.54, 1.807) is 13.3 Å². The predicted molar refractivity (Wildman–Crippen MR) is 71.8 cm³/mol. The topological polar surface area (TPSA) is 27.1 Å². The highest BCUT2D eigenvalue weighted by Crippen LogP contribution is 2.20. The minimum atomic E-state index is 0.690. The molecule has 2 aromatic heterocycles. The molecule has 0 saturated heterocycles. The zero-order chi connectivity index (χ0) is 12.4. The van der Waals surface area contributed by atoms with E-state index in [-0.39, 0.29) is 0 Å². The smallest absolute Gasteiger partial charge is 0.218 e. The second-order valence-electron chi connectivity index (χ2n) is 4.17. The summed E-state index contributed by atoms with van der Waals surface area (Å²) in [4.78, 5) is 4.22. The van der Waals surface area contributed by atoms with Gasteiger partial charge in [-0.15, -0.1) is 0 Å². The van der Waals surface area contributed by atoms with Crippen LogP contribution in [-0.2, 0) is 6.54 Å². The van der Waals surface area contributed by atoms with Crippen molar-refractivity contribution in [2.45, 2.75) is 6.54 Å². The summed E-state index contributed by atoms with van der Waals surface area (Å²) < 4.78 is 7.48. The summed E-state index contributed by atoms with van der Waals surface area (Å²) in [5, 5.41) is 1.25. The fourth-order valence-electron chi connectivity index (χ4n) is 2.19.